The molecule has 0 bridgehead atoms. The van der Waals surface area contributed by atoms with E-state index < -0.39 is 0 Å². The Hall–Kier alpha value is -3.78. The van der Waals surface area contributed by atoms with Gasteiger partial charge < -0.3 is 5.32 Å². The molecule has 5 aromatic rings. The van der Waals surface area contributed by atoms with Gasteiger partial charge in [0.2, 0.25) is 5.91 Å². The third-order valence-corrected chi connectivity index (χ3v) is 6.16. The molecule has 0 aliphatic rings. The van der Waals surface area contributed by atoms with Crippen LogP contribution in [0.4, 0.5) is 5.82 Å². The maximum atomic E-state index is 12.7. The first-order valence-electron chi connectivity index (χ1n) is 10.3. The zero-order chi connectivity index (χ0) is 22.1. The van der Waals surface area contributed by atoms with Crippen molar-refractivity contribution < 1.29 is 4.79 Å². The molecule has 1 N–H and O–H groups in total. The molecule has 0 aliphatic heterocycles. The lowest BCUT2D eigenvalue weighted by Gasteiger charge is -2.05. The molecule has 8 heteroatoms. The first kappa shape index (κ1) is 20.1. The van der Waals surface area contributed by atoms with Crippen LogP contribution in [0.1, 0.15) is 16.8 Å². The van der Waals surface area contributed by atoms with Crippen LogP contribution < -0.4 is 5.32 Å². The van der Waals surface area contributed by atoms with Crippen LogP contribution in [0.15, 0.2) is 66.3 Å². The number of benzene rings is 1. The molecule has 0 saturated heterocycles. The highest BCUT2D eigenvalue weighted by Crippen LogP contribution is 2.32. The van der Waals surface area contributed by atoms with Crippen molar-refractivity contribution >= 4 is 34.1 Å². The summed E-state index contributed by atoms with van der Waals surface area (Å²) in [6, 6.07) is 16.2. The minimum Gasteiger partial charge on any atom is -0.308 e. The van der Waals surface area contributed by atoms with Gasteiger partial charge in [-0.25, -0.2) is 9.67 Å². The minimum absolute atomic E-state index is 0.0655. The zero-order valence-electron chi connectivity index (χ0n) is 17.8. The lowest BCUT2D eigenvalue weighted by atomic mass is 10.1. The number of carbonyl (C=O) groups is 1. The van der Waals surface area contributed by atoms with Crippen LogP contribution in [0.2, 0.25) is 0 Å². The van der Waals surface area contributed by atoms with Crippen LogP contribution in [-0.2, 0) is 17.9 Å². The fourth-order valence-corrected chi connectivity index (χ4v) is 4.50. The minimum atomic E-state index is -0.196. The van der Waals surface area contributed by atoms with E-state index in [0.717, 1.165) is 27.1 Å². The highest BCUT2D eigenvalue weighted by molar-refractivity contribution is 7.13. The maximum absolute atomic E-state index is 12.7. The number of anilines is 1. The lowest BCUT2D eigenvalue weighted by molar-refractivity contribution is -0.116. The van der Waals surface area contributed by atoms with E-state index >= 15 is 0 Å². The van der Waals surface area contributed by atoms with Gasteiger partial charge in [0, 0.05) is 28.9 Å². The number of nitrogens with zero attached hydrogens (tertiary/aromatic N) is 5. The van der Waals surface area contributed by atoms with E-state index in [9.17, 15) is 4.79 Å². The predicted octanol–water partition coefficient (Wildman–Crippen LogP) is 4.66. The van der Waals surface area contributed by atoms with Gasteiger partial charge in [0.25, 0.3) is 0 Å². The second-order valence-electron chi connectivity index (χ2n) is 7.71. The van der Waals surface area contributed by atoms with Gasteiger partial charge in [-0.15, -0.1) is 11.3 Å². The van der Waals surface area contributed by atoms with Crippen molar-refractivity contribution in [3.05, 3.63) is 83.1 Å². The van der Waals surface area contributed by atoms with Crippen LogP contribution in [-0.4, -0.2) is 30.5 Å². The third kappa shape index (κ3) is 4.04. The Morgan fingerprint density at radius 2 is 1.91 bits per heavy atom. The largest absolute Gasteiger partial charge is 0.308 e. The number of fused-ring (bicyclic) bond motifs is 1. The van der Waals surface area contributed by atoms with Crippen molar-refractivity contribution in [2.75, 3.05) is 5.32 Å². The number of aryl methyl sites for hydroxylation is 2. The summed E-state index contributed by atoms with van der Waals surface area (Å²) in [6.45, 7) is 4.72. The summed E-state index contributed by atoms with van der Waals surface area (Å²) < 4.78 is 3.46. The fourth-order valence-electron chi connectivity index (χ4n) is 3.74. The molecule has 0 atom stereocenters. The standard InChI is InChI=1S/C24H22N6OS/c1-16-5-7-18(8-6-16)14-29-12-10-21(28-29)26-22(31)15-30-24-23(17(2)27-30)19(9-11-25-24)20-4-3-13-32-20/h3-13H,14-15H2,1-2H3,(H,26,28,31). The zero-order valence-corrected chi connectivity index (χ0v) is 18.6. The Kier molecular flexibility index (Phi) is 5.28. The van der Waals surface area contributed by atoms with E-state index in [2.05, 4.69) is 57.8 Å². The van der Waals surface area contributed by atoms with E-state index in [0.29, 0.717) is 18.0 Å². The van der Waals surface area contributed by atoms with E-state index in [1.165, 1.54) is 5.56 Å². The molecule has 7 nitrogen and oxygen atoms in total. The highest BCUT2D eigenvalue weighted by atomic mass is 32.1. The molecular weight excluding hydrogens is 420 g/mol. The van der Waals surface area contributed by atoms with Crippen molar-refractivity contribution in [3.8, 4) is 10.4 Å². The Balaban J connectivity index is 1.31. The van der Waals surface area contributed by atoms with Crippen molar-refractivity contribution in [3.63, 3.8) is 0 Å². The summed E-state index contributed by atoms with van der Waals surface area (Å²) >= 11 is 1.67. The Morgan fingerprint density at radius 3 is 2.69 bits per heavy atom. The number of rotatable bonds is 6. The molecule has 160 valence electrons. The van der Waals surface area contributed by atoms with E-state index in [1.54, 1.807) is 28.3 Å². The Bertz CT molecular complexity index is 1380. The molecule has 0 fully saturated rings. The number of hydrogen-bond acceptors (Lipinski definition) is 5. The van der Waals surface area contributed by atoms with E-state index in [4.69, 9.17) is 0 Å². The van der Waals surface area contributed by atoms with Gasteiger partial charge in [0.05, 0.1) is 17.6 Å². The number of pyridine rings is 1. The molecule has 0 unspecified atom stereocenters. The summed E-state index contributed by atoms with van der Waals surface area (Å²) in [7, 11) is 0. The summed E-state index contributed by atoms with van der Waals surface area (Å²) in [5.41, 5.74) is 5.02. The molecule has 0 aliphatic carbocycles. The molecule has 0 saturated carbocycles. The van der Waals surface area contributed by atoms with E-state index in [-0.39, 0.29) is 12.5 Å². The summed E-state index contributed by atoms with van der Waals surface area (Å²) in [5, 5.41) is 14.9. The third-order valence-electron chi connectivity index (χ3n) is 5.26. The average molecular weight is 443 g/mol. The lowest BCUT2D eigenvalue weighted by Crippen LogP contribution is -2.20. The number of carbonyl (C=O) groups excluding carboxylic acids is 1. The van der Waals surface area contributed by atoms with Gasteiger partial charge in [-0.1, -0.05) is 35.9 Å². The predicted molar refractivity (Wildman–Crippen MR) is 127 cm³/mol. The van der Waals surface area contributed by atoms with Crippen LogP contribution in [0, 0.1) is 13.8 Å². The van der Waals surface area contributed by atoms with E-state index in [1.807, 2.05) is 35.3 Å². The average Bonchev–Trinajstić information content (AvgIpc) is 3.52. The van der Waals surface area contributed by atoms with Gasteiger partial charge in [-0.3, -0.25) is 9.48 Å². The van der Waals surface area contributed by atoms with Gasteiger partial charge in [-0.2, -0.15) is 10.2 Å². The maximum Gasteiger partial charge on any atom is 0.247 e. The summed E-state index contributed by atoms with van der Waals surface area (Å²) in [6.07, 6.45) is 3.62. The van der Waals surface area contributed by atoms with Crippen LogP contribution in [0.3, 0.4) is 0 Å². The number of amides is 1. The molecular formula is C24H22N6OS. The van der Waals surface area contributed by atoms with Crippen molar-refractivity contribution in [2.24, 2.45) is 0 Å². The summed E-state index contributed by atoms with van der Waals surface area (Å²) in [5.74, 6) is 0.320. The van der Waals surface area contributed by atoms with Crippen LogP contribution in [0.5, 0.6) is 0 Å². The van der Waals surface area contributed by atoms with Gasteiger partial charge in [-0.05, 0) is 36.9 Å². The molecule has 32 heavy (non-hydrogen) atoms. The fraction of sp³-hybridized carbons (Fsp3) is 0.167. The second kappa shape index (κ2) is 8.39. The first-order valence-corrected chi connectivity index (χ1v) is 11.2. The Labute approximate surface area is 189 Å². The smallest absolute Gasteiger partial charge is 0.247 e. The summed E-state index contributed by atoms with van der Waals surface area (Å²) in [4.78, 5) is 18.4. The van der Waals surface area contributed by atoms with Crippen molar-refractivity contribution in [2.45, 2.75) is 26.9 Å². The molecule has 5 rings (SSSR count). The molecule has 1 amide bonds. The first-order chi connectivity index (χ1) is 15.6. The van der Waals surface area contributed by atoms with Crippen LogP contribution >= 0.6 is 11.3 Å². The second-order valence-corrected chi connectivity index (χ2v) is 8.66. The molecule has 0 radical (unpaired) electrons. The number of hydrogen-bond donors (Lipinski definition) is 1. The Morgan fingerprint density at radius 1 is 1.06 bits per heavy atom. The number of aromatic nitrogens is 5. The van der Waals surface area contributed by atoms with Crippen molar-refractivity contribution in [1.82, 2.24) is 24.5 Å². The topological polar surface area (TPSA) is 77.6 Å². The molecule has 4 heterocycles. The van der Waals surface area contributed by atoms with Crippen molar-refractivity contribution in [1.29, 1.82) is 0 Å². The quantitative estimate of drug-likeness (QED) is 0.415. The SMILES string of the molecule is Cc1ccc(Cn2ccc(NC(=O)Cn3nc(C)c4c(-c5cccs5)ccnc43)n2)cc1. The number of nitrogens with one attached hydrogen (secondary N) is 1. The highest BCUT2D eigenvalue weighted by Gasteiger charge is 2.16. The molecule has 4 aromatic heterocycles. The van der Waals surface area contributed by atoms with Gasteiger partial charge in [0.15, 0.2) is 11.5 Å². The van der Waals surface area contributed by atoms with Gasteiger partial charge >= 0.3 is 0 Å². The van der Waals surface area contributed by atoms with Crippen LogP contribution in [0.25, 0.3) is 21.5 Å². The number of thiophene rings is 1. The molecule has 1 aromatic carbocycles. The monoisotopic (exact) mass is 442 g/mol. The van der Waals surface area contributed by atoms with Gasteiger partial charge in [0.1, 0.15) is 6.54 Å². The normalized spacial score (nSPS) is 11.2. The molecule has 0 spiro atoms.